The Balaban J connectivity index is 1.83. The monoisotopic (exact) mass is 324 g/mol. The zero-order valence-corrected chi connectivity index (χ0v) is 14.0. The second-order valence-electron chi connectivity index (χ2n) is 5.93. The summed E-state index contributed by atoms with van der Waals surface area (Å²) < 4.78 is 1.63. The van der Waals surface area contributed by atoms with Crippen molar-refractivity contribution in [2.24, 2.45) is 7.05 Å². The highest BCUT2D eigenvalue weighted by atomic mass is 16.2. The average molecular weight is 324 g/mol. The number of aryl methyl sites for hydroxylation is 2. The van der Waals surface area contributed by atoms with E-state index in [0.717, 1.165) is 16.8 Å². The first kappa shape index (κ1) is 16.0. The van der Waals surface area contributed by atoms with Gasteiger partial charge in [-0.05, 0) is 24.1 Å². The normalized spacial score (nSPS) is 16.0. The van der Waals surface area contributed by atoms with Gasteiger partial charge in [-0.15, -0.1) is 0 Å². The zero-order chi connectivity index (χ0) is 17.3. The third-order valence-electron chi connectivity index (χ3n) is 4.12. The molecule has 0 radical (unpaired) electrons. The molecule has 0 spiro atoms. The van der Waals surface area contributed by atoms with E-state index in [0.29, 0.717) is 5.82 Å². The Morgan fingerprint density at radius 1 is 1.29 bits per heavy atom. The maximum Gasteiger partial charge on any atom is 0.227 e. The summed E-state index contributed by atoms with van der Waals surface area (Å²) in [5.74, 6) is 0.404. The van der Waals surface area contributed by atoms with Crippen LogP contribution in [0, 0.1) is 6.92 Å². The second-order valence-corrected chi connectivity index (χ2v) is 5.93. The maximum absolute atomic E-state index is 12.5. The van der Waals surface area contributed by atoms with Crippen LogP contribution < -0.4 is 5.32 Å². The molecule has 0 aliphatic carbocycles. The molecular weight excluding hydrogens is 304 g/mol. The Hall–Kier alpha value is -2.89. The first-order valence-electron chi connectivity index (χ1n) is 7.82. The number of hydrogen-bond donors (Lipinski definition) is 1. The van der Waals surface area contributed by atoms with Gasteiger partial charge in [0.05, 0.1) is 18.2 Å². The molecule has 1 aromatic heterocycles. The van der Waals surface area contributed by atoms with Crippen LogP contribution in [0.2, 0.25) is 0 Å². The van der Waals surface area contributed by atoms with Crippen LogP contribution in [-0.4, -0.2) is 26.5 Å². The molecule has 1 aliphatic rings. The molecule has 24 heavy (non-hydrogen) atoms. The van der Waals surface area contributed by atoms with Crippen molar-refractivity contribution in [3.8, 4) is 0 Å². The lowest BCUT2D eigenvalue weighted by atomic mass is 9.93. The molecule has 1 atom stereocenters. The van der Waals surface area contributed by atoms with E-state index < -0.39 is 0 Å². The van der Waals surface area contributed by atoms with Crippen LogP contribution in [-0.2, 0) is 16.6 Å². The predicted octanol–water partition coefficient (Wildman–Crippen LogP) is 2.63. The van der Waals surface area contributed by atoms with Crippen molar-refractivity contribution in [2.45, 2.75) is 26.3 Å². The van der Waals surface area contributed by atoms with Crippen molar-refractivity contribution >= 4 is 23.7 Å². The summed E-state index contributed by atoms with van der Waals surface area (Å²) in [5, 5.41) is 7.08. The van der Waals surface area contributed by atoms with Crippen molar-refractivity contribution in [3.05, 3.63) is 53.4 Å². The second kappa shape index (κ2) is 6.31. The fourth-order valence-corrected chi connectivity index (χ4v) is 3.01. The van der Waals surface area contributed by atoms with E-state index in [2.05, 4.69) is 10.4 Å². The minimum absolute atomic E-state index is 0.0880. The number of carbonyl (C=O) groups excluding carboxylic acids is 2. The Bertz CT molecular complexity index is 822. The highest BCUT2D eigenvalue weighted by Gasteiger charge is 2.28. The molecule has 0 unspecified atom stereocenters. The van der Waals surface area contributed by atoms with Gasteiger partial charge in [0.25, 0.3) is 0 Å². The minimum atomic E-state index is -0.307. The van der Waals surface area contributed by atoms with Crippen LogP contribution in [0.1, 0.15) is 36.2 Å². The van der Waals surface area contributed by atoms with Gasteiger partial charge in [-0.25, -0.2) is 0 Å². The third kappa shape index (κ3) is 3.08. The molecule has 6 heteroatoms. The van der Waals surface area contributed by atoms with Gasteiger partial charge >= 0.3 is 0 Å². The number of carbonyl (C=O) groups is 2. The fourth-order valence-electron chi connectivity index (χ4n) is 3.01. The molecule has 0 saturated heterocycles. The highest BCUT2D eigenvalue weighted by Crippen LogP contribution is 2.33. The van der Waals surface area contributed by atoms with Crippen molar-refractivity contribution in [1.82, 2.24) is 14.7 Å². The molecule has 3 rings (SSSR count). The molecule has 2 aromatic rings. The van der Waals surface area contributed by atoms with E-state index >= 15 is 0 Å². The lowest BCUT2D eigenvalue weighted by Gasteiger charge is -2.32. The van der Waals surface area contributed by atoms with Gasteiger partial charge in [0.15, 0.2) is 0 Å². The highest BCUT2D eigenvalue weighted by molar-refractivity contribution is 5.91. The molecule has 0 bridgehead atoms. The van der Waals surface area contributed by atoms with E-state index in [1.54, 1.807) is 22.8 Å². The van der Waals surface area contributed by atoms with Crippen LogP contribution in [0.4, 0.5) is 5.82 Å². The predicted molar refractivity (Wildman–Crippen MR) is 91.9 cm³/mol. The van der Waals surface area contributed by atoms with Crippen LogP contribution >= 0.6 is 0 Å². The van der Waals surface area contributed by atoms with Gasteiger partial charge in [-0.3, -0.25) is 14.3 Å². The number of nitrogens with one attached hydrogen (secondary N) is 1. The van der Waals surface area contributed by atoms with E-state index in [9.17, 15) is 9.59 Å². The molecular formula is C18H20N4O2. The molecule has 2 heterocycles. The number of nitrogens with zero attached hydrogens (tertiary/aromatic N) is 3. The Labute approximate surface area is 140 Å². The van der Waals surface area contributed by atoms with Gasteiger partial charge in [-0.2, -0.15) is 5.10 Å². The van der Waals surface area contributed by atoms with Gasteiger partial charge in [0.2, 0.25) is 11.8 Å². The number of fused-ring (bicyclic) bond motifs is 1. The smallest absolute Gasteiger partial charge is 0.227 e. The molecule has 1 N–H and O–H groups in total. The van der Waals surface area contributed by atoms with Crippen molar-refractivity contribution < 1.29 is 9.59 Å². The van der Waals surface area contributed by atoms with Crippen molar-refractivity contribution in [1.29, 1.82) is 0 Å². The van der Waals surface area contributed by atoms with Gasteiger partial charge < -0.3 is 10.2 Å². The van der Waals surface area contributed by atoms with Crippen LogP contribution in [0.15, 0.2) is 36.5 Å². The number of hydrogen-bond acceptors (Lipinski definition) is 3. The standard InChI is InChI=1S/C18H20N4O2/c1-12-10-17(21(3)20-12)19-18(24)11-16-15-7-5-4-6-14(15)8-9-22(16)13(2)23/h4-10,16H,11H2,1-3H3,(H,19,24)/t16-/m0/s1. The Morgan fingerprint density at radius 2 is 2.04 bits per heavy atom. The minimum Gasteiger partial charge on any atom is -0.311 e. The summed E-state index contributed by atoms with van der Waals surface area (Å²) in [6, 6.07) is 9.32. The van der Waals surface area contributed by atoms with E-state index in [-0.39, 0.29) is 24.3 Å². The molecule has 0 fully saturated rings. The maximum atomic E-state index is 12.5. The molecule has 2 amide bonds. The number of benzene rings is 1. The topological polar surface area (TPSA) is 67.2 Å². The number of rotatable bonds is 3. The summed E-state index contributed by atoms with van der Waals surface area (Å²) in [6.45, 7) is 3.38. The quantitative estimate of drug-likeness (QED) is 0.944. The molecule has 1 aliphatic heterocycles. The van der Waals surface area contributed by atoms with Gasteiger partial charge in [0, 0.05) is 26.2 Å². The van der Waals surface area contributed by atoms with Gasteiger partial charge in [0.1, 0.15) is 5.82 Å². The number of amides is 2. The van der Waals surface area contributed by atoms with E-state index in [4.69, 9.17) is 0 Å². The molecule has 6 nitrogen and oxygen atoms in total. The molecule has 124 valence electrons. The molecule has 1 aromatic carbocycles. The summed E-state index contributed by atoms with van der Waals surface area (Å²) in [6.07, 6.45) is 3.83. The summed E-state index contributed by atoms with van der Waals surface area (Å²) in [4.78, 5) is 26.1. The van der Waals surface area contributed by atoms with Crippen LogP contribution in [0.3, 0.4) is 0 Å². The largest absolute Gasteiger partial charge is 0.311 e. The first-order valence-corrected chi connectivity index (χ1v) is 7.82. The lowest BCUT2D eigenvalue weighted by Crippen LogP contribution is -2.33. The summed E-state index contributed by atoms with van der Waals surface area (Å²) in [7, 11) is 1.78. The lowest BCUT2D eigenvalue weighted by molar-refractivity contribution is -0.129. The fraction of sp³-hybridized carbons (Fsp3) is 0.278. The van der Waals surface area contributed by atoms with Gasteiger partial charge in [-0.1, -0.05) is 24.3 Å². The summed E-state index contributed by atoms with van der Waals surface area (Å²) in [5.41, 5.74) is 2.85. The SMILES string of the molecule is CC(=O)N1C=Cc2ccccc2[C@@H]1CC(=O)Nc1cc(C)nn1C. The van der Waals surface area contributed by atoms with Crippen LogP contribution in [0.5, 0.6) is 0 Å². The van der Waals surface area contributed by atoms with Crippen molar-refractivity contribution in [2.75, 3.05) is 5.32 Å². The van der Waals surface area contributed by atoms with Crippen LogP contribution in [0.25, 0.3) is 6.08 Å². The van der Waals surface area contributed by atoms with E-state index in [1.165, 1.54) is 6.92 Å². The van der Waals surface area contributed by atoms with E-state index in [1.807, 2.05) is 43.3 Å². The third-order valence-corrected chi connectivity index (χ3v) is 4.12. The number of aromatic nitrogens is 2. The Morgan fingerprint density at radius 3 is 2.71 bits per heavy atom. The van der Waals surface area contributed by atoms with Crippen molar-refractivity contribution in [3.63, 3.8) is 0 Å². The average Bonchev–Trinajstić information content (AvgIpc) is 2.84. The zero-order valence-electron chi connectivity index (χ0n) is 14.0. The number of anilines is 1. The Kier molecular flexibility index (Phi) is 4.20. The summed E-state index contributed by atoms with van der Waals surface area (Å²) >= 11 is 0. The molecule has 0 saturated carbocycles. The first-order chi connectivity index (χ1) is 11.5.